The number of carbonyl (C=O) groups is 1. The second kappa shape index (κ2) is 8.01. The van der Waals surface area contributed by atoms with Gasteiger partial charge in [-0.3, -0.25) is 9.69 Å². The summed E-state index contributed by atoms with van der Waals surface area (Å²) in [5, 5.41) is 9.93. The van der Waals surface area contributed by atoms with E-state index in [0.717, 1.165) is 24.7 Å². The first-order valence-corrected chi connectivity index (χ1v) is 10.7. The summed E-state index contributed by atoms with van der Waals surface area (Å²) in [4.78, 5) is 21.2. The summed E-state index contributed by atoms with van der Waals surface area (Å²) in [6.45, 7) is 8.74. The summed E-state index contributed by atoms with van der Waals surface area (Å²) < 4.78 is 5.26. The molecule has 3 aromatic rings. The van der Waals surface area contributed by atoms with Crippen LogP contribution in [0, 0.1) is 19.8 Å². The Morgan fingerprint density at radius 3 is 2.89 bits per heavy atom. The molecule has 3 aromatic heterocycles. The van der Waals surface area contributed by atoms with E-state index >= 15 is 0 Å². The third kappa shape index (κ3) is 3.82. The van der Waals surface area contributed by atoms with E-state index in [-0.39, 0.29) is 11.9 Å². The fraction of sp³-hybridized carbons (Fsp3) is 0.476. The highest BCUT2D eigenvalue weighted by Gasteiger charge is 2.26. The van der Waals surface area contributed by atoms with Gasteiger partial charge in [0.25, 0.3) is 11.6 Å². The van der Waals surface area contributed by atoms with E-state index in [4.69, 9.17) is 4.52 Å². The van der Waals surface area contributed by atoms with Crippen molar-refractivity contribution in [1.82, 2.24) is 20.4 Å². The Bertz CT molecular complexity index is 958. The van der Waals surface area contributed by atoms with Gasteiger partial charge in [0.1, 0.15) is 0 Å². The van der Waals surface area contributed by atoms with Crippen LogP contribution in [0.3, 0.4) is 0 Å². The van der Waals surface area contributed by atoms with E-state index in [2.05, 4.69) is 44.8 Å². The van der Waals surface area contributed by atoms with Crippen LogP contribution < -0.4 is 5.32 Å². The minimum atomic E-state index is -0.103. The highest BCUT2D eigenvalue weighted by Crippen LogP contribution is 2.29. The van der Waals surface area contributed by atoms with Crippen LogP contribution in [0.25, 0.3) is 11.1 Å². The van der Waals surface area contributed by atoms with Gasteiger partial charge in [0.2, 0.25) is 0 Å². The molecule has 0 aromatic carbocycles. The molecule has 4 rings (SSSR count). The molecule has 0 spiro atoms. The van der Waals surface area contributed by atoms with Crippen molar-refractivity contribution in [3.8, 4) is 0 Å². The van der Waals surface area contributed by atoms with Crippen molar-refractivity contribution in [3.63, 3.8) is 0 Å². The first-order valence-electron chi connectivity index (χ1n) is 9.82. The Kier molecular flexibility index (Phi) is 5.46. The van der Waals surface area contributed by atoms with Crippen molar-refractivity contribution >= 4 is 28.3 Å². The quantitative estimate of drug-likeness (QED) is 0.700. The lowest BCUT2D eigenvalue weighted by Crippen LogP contribution is -2.41. The maximum Gasteiger partial charge on any atom is 0.258 e. The Labute approximate surface area is 168 Å². The summed E-state index contributed by atoms with van der Waals surface area (Å²) in [6, 6.07) is 6.26. The van der Waals surface area contributed by atoms with Crippen LogP contribution in [0.1, 0.15) is 52.4 Å². The molecule has 4 heterocycles. The lowest BCUT2D eigenvalue weighted by Gasteiger charge is -2.36. The van der Waals surface area contributed by atoms with Crippen molar-refractivity contribution in [2.24, 2.45) is 5.92 Å². The van der Waals surface area contributed by atoms with Crippen molar-refractivity contribution < 1.29 is 9.32 Å². The zero-order valence-electron chi connectivity index (χ0n) is 16.6. The molecule has 148 valence electrons. The van der Waals surface area contributed by atoms with Crippen molar-refractivity contribution in [2.75, 3.05) is 19.6 Å². The highest BCUT2D eigenvalue weighted by molar-refractivity contribution is 7.10. The number of thiophene rings is 1. The van der Waals surface area contributed by atoms with Crippen LogP contribution >= 0.6 is 11.3 Å². The summed E-state index contributed by atoms with van der Waals surface area (Å²) in [6.07, 6.45) is 2.42. The zero-order valence-corrected chi connectivity index (χ0v) is 17.4. The minimum absolute atomic E-state index is 0.103. The summed E-state index contributed by atoms with van der Waals surface area (Å²) >= 11 is 1.75. The Morgan fingerprint density at radius 2 is 2.18 bits per heavy atom. The van der Waals surface area contributed by atoms with E-state index < -0.39 is 0 Å². The summed E-state index contributed by atoms with van der Waals surface area (Å²) in [7, 11) is 0. The average molecular weight is 399 g/mol. The number of amides is 1. The predicted octanol–water partition coefficient (Wildman–Crippen LogP) is 4.10. The van der Waals surface area contributed by atoms with Gasteiger partial charge in [-0.25, -0.2) is 4.98 Å². The molecular weight excluding hydrogens is 372 g/mol. The number of hydrogen-bond acceptors (Lipinski definition) is 6. The number of carbonyl (C=O) groups excluding carboxylic acids is 1. The number of aryl methyl sites for hydroxylation is 2. The predicted molar refractivity (Wildman–Crippen MR) is 111 cm³/mol. The molecule has 1 amide bonds. The number of pyridine rings is 1. The molecule has 0 radical (unpaired) electrons. The number of piperidine rings is 1. The van der Waals surface area contributed by atoms with Crippen molar-refractivity contribution in [1.29, 1.82) is 0 Å². The largest absolute Gasteiger partial charge is 0.350 e. The minimum Gasteiger partial charge on any atom is -0.350 e. The Hall–Kier alpha value is -2.25. The first kappa shape index (κ1) is 19.1. The Morgan fingerprint density at radius 1 is 1.39 bits per heavy atom. The van der Waals surface area contributed by atoms with Crippen molar-refractivity contribution in [3.05, 3.63) is 45.4 Å². The van der Waals surface area contributed by atoms with Crippen LogP contribution in [0.2, 0.25) is 0 Å². The number of likely N-dealkylation sites (tertiary alicyclic amines) is 1. The molecule has 1 saturated heterocycles. The Balaban J connectivity index is 1.54. The lowest BCUT2D eigenvalue weighted by atomic mass is 9.97. The average Bonchev–Trinajstić information content (AvgIpc) is 3.33. The van der Waals surface area contributed by atoms with E-state index in [1.165, 1.54) is 17.7 Å². The van der Waals surface area contributed by atoms with E-state index in [1.807, 2.05) is 19.9 Å². The van der Waals surface area contributed by atoms with E-state index in [9.17, 15) is 4.79 Å². The van der Waals surface area contributed by atoms with Crippen LogP contribution in [0.4, 0.5) is 0 Å². The van der Waals surface area contributed by atoms with Gasteiger partial charge in [-0.15, -0.1) is 11.3 Å². The number of nitrogens with zero attached hydrogens (tertiary/aromatic N) is 3. The normalized spacial score (nSPS) is 17.1. The number of hydrogen-bond donors (Lipinski definition) is 1. The molecule has 0 aliphatic carbocycles. The molecule has 7 heteroatoms. The molecule has 1 N–H and O–H groups in total. The number of fused-ring (bicyclic) bond motifs is 1. The molecular formula is C21H26N4O2S. The third-order valence-corrected chi connectivity index (χ3v) is 6.55. The molecule has 1 aliphatic heterocycles. The molecule has 1 atom stereocenters. The standard InChI is InChI=1S/C21H26N4O2S/c1-13-6-8-25(9-7-13)17(18-5-4-10-28-18)12-22-20(26)16-11-14(2)23-21-19(16)15(3)24-27-21/h4-5,10-11,13,17H,6-9,12H2,1-3H3,(H,22,26). The SMILES string of the molecule is Cc1cc(C(=O)NCC(c2cccs2)N2CCC(C)CC2)c2c(C)noc2n1. The molecule has 0 bridgehead atoms. The second-order valence-corrected chi connectivity index (χ2v) is 8.70. The van der Waals surface area contributed by atoms with Gasteiger partial charge in [0.05, 0.1) is 22.7 Å². The second-order valence-electron chi connectivity index (χ2n) is 7.72. The maximum atomic E-state index is 13.0. The van der Waals surface area contributed by atoms with Gasteiger partial charge < -0.3 is 9.84 Å². The first-order chi connectivity index (χ1) is 13.5. The lowest BCUT2D eigenvalue weighted by molar-refractivity contribution is 0.0916. The molecule has 6 nitrogen and oxygen atoms in total. The van der Waals surface area contributed by atoms with Crippen molar-refractivity contribution in [2.45, 2.75) is 39.7 Å². The molecule has 1 aliphatic rings. The molecule has 0 saturated carbocycles. The van der Waals surface area contributed by atoms with Crippen LogP contribution in [-0.2, 0) is 0 Å². The van der Waals surface area contributed by atoms with Gasteiger partial charge in [-0.1, -0.05) is 18.1 Å². The monoisotopic (exact) mass is 398 g/mol. The van der Waals surface area contributed by atoms with Gasteiger partial charge in [0.15, 0.2) is 0 Å². The van der Waals surface area contributed by atoms with Crippen LogP contribution in [0.5, 0.6) is 0 Å². The van der Waals surface area contributed by atoms with Gasteiger partial charge in [-0.05, 0) is 63.2 Å². The van der Waals surface area contributed by atoms with E-state index in [1.54, 1.807) is 11.3 Å². The summed E-state index contributed by atoms with van der Waals surface area (Å²) in [5.74, 6) is 0.674. The number of aromatic nitrogens is 2. The fourth-order valence-corrected chi connectivity index (χ4v) is 4.77. The van der Waals surface area contributed by atoms with Gasteiger partial charge in [0, 0.05) is 17.1 Å². The van der Waals surface area contributed by atoms with E-state index in [0.29, 0.717) is 28.9 Å². The third-order valence-electron chi connectivity index (χ3n) is 5.58. The van der Waals surface area contributed by atoms with Crippen LogP contribution in [-0.4, -0.2) is 40.6 Å². The molecule has 28 heavy (non-hydrogen) atoms. The fourth-order valence-electron chi connectivity index (χ4n) is 3.91. The smallest absolute Gasteiger partial charge is 0.258 e. The molecule has 1 fully saturated rings. The number of nitrogens with one attached hydrogen (secondary N) is 1. The topological polar surface area (TPSA) is 71.3 Å². The number of rotatable bonds is 5. The van der Waals surface area contributed by atoms with Gasteiger partial charge in [-0.2, -0.15) is 0 Å². The maximum absolute atomic E-state index is 13.0. The highest BCUT2D eigenvalue weighted by atomic mass is 32.1. The zero-order chi connectivity index (χ0) is 19.7. The van der Waals surface area contributed by atoms with Crippen LogP contribution in [0.15, 0.2) is 28.1 Å². The van der Waals surface area contributed by atoms with Gasteiger partial charge >= 0.3 is 0 Å². The molecule has 1 unspecified atom stereocenters. The summed E-state index contributed by atoms with van der Waals surface area (Å²) in [5.41, 5.74) is 2.43.